The van der Waals surface area contributed by atoms with E-state index < -0.39 is 0 Å². The lowest BCUT2D eigenvalue weighted by molar-refractivity contribution is 0.346. The fraction of sp³-hybridized carbons (Fsp3) is 0.375. The quantitative estimate of drug-likeness (QED) is 0.850. The number of hydrogen-bond acceptors (Lipinski definition) is 5. The van der Waals surface area contributed by atoms with Gasteiger partial charge >= 0.3 is 0 Å². The van der Waals surface area contributed by atoms with Crippen molar-refractivity contribution in [2.45, 2.75) is 13.0 Å². The van der Waals surface area contributed by atoms with Crippen LogP contribution >= 0.6 is 11.3 Å². The van der Waals surface area contributed by atoms with E-state index in [9.17, 15) is 0 Å². The second-order valence-electron chi connectivity index (χ2n) is 4.46. The number of benzene rings is 1. The molecule has 1 unspecified atom stereocenters. The highest BCUT2D eigenvalue weighted by Gasteiger charge is 2.21. The number of ether oxygens (including phenoxy) is 3. The maximum atomic E-state index is 5.54. The Morgan fingerprint density at radius 1 is 1.05 bits per heavy atom. The molecule has 4 nitrogen and oxygen atoms in total. The first kappa shape index (κ1) is 15.7. The van der Waals surface area contributed by atoms with Gasteiger partial charge in [-0.05, 0) is 24.1 Å². The van der Waals surface area contributed by atoms with Gasteiger partial charge in [0.25, 0.3) is 0 Å². The molecule has 1 atom stereocenters. The van der Waals surface area contributed by atoms with Crippen molar-refractivity contribution >= 4 is 11.3 Å². The normalized spacial score (nSPS) is 12.0. The molecule has 0 aliphatic carbocycles. The summed E-state index contributed by atoms with van der Waals surface area (Å²) in [5, 5.41) is 5.58. The van der Waals surface area contributed by atoms with Gasteiger partial charge in [-0.25, -0.2) is 0 Å². The average molecular weight is 307 g/mol. The van der Waals surface area contributed by atoms with Crippen molar-refractivity contribution in [2.75, 3.05) is 27.9 Å². The molecular weight excluding hydrogens is 286 g/mol. The molecule has 1 N–H and O–H groups in total. The topological polar surface area (TPSA) is 39.7 Å². The summed E-state index contributed by atoms with van der Waals surface area (Å²) in [6.07, 6.45) is 0. The van der Waals surface area contributed by atoms with Crippen LogP contribution < -0.4 is 19.5 Å². The number of methoxy groups -OCH3 is 3. The van der Waals surface area contributed by atoms with E-state index in [0.29, 0.717) is 11.5 Å². The molecule has 0 fully saturated rings. The molecule has 114 valence electrons. The summed E-state index contributed by atoms with van der Waals surface area (Å²) in [5.74, 6) is 2.15. The summed E-state index contributed by atoms with van der Waals surface area (Å²) in [5.41, 5.74) is 1.04. The Morgan fingerprint density at radius 3 is 2.24 bits per heavy atom. The van der Waals surface area contributed by atoms with Crippen molar-refractivity contribution < 1.29 is 14.2 Å². The Balaban J connectivity index is 2.53. The summed E-state index contributed by atoms with van der Waals surface area (Å²) in [6, 6.07) is 8.09. The fourth-order valence-electron chi connectivity index (χ4n) is 2.30. The van der Waals surface area contributed by atoms with Crippen molar-refractivity contribution in [1.29, 1.82) is 0 Å². The predicted octanol–water partition coefficient (Wildman–Crippen LogP) is 3.47. The number of hydrogen-bond donors (Lipinski definition) is 1. The smallest absolute Gasteiger partial charge is 0.164 e. The van der Waals surface area contributed by atoms with Crippen molar-refractivity contribution in [1.82, 2.24) is 5.32 Å². The van der Waals surface area contributed by atoms with Crippen LogP contribution in [-0.2, 0) is 0 Å². The van der Waals surface area contributed by atoms with Gasteiger partial charge in [-0.1, -0.05) is 13.0 Å². The Kier molecular flexibility index (Phi) is 5.47. The van der Waals surface area contributed by atoms with Gasteiger partial charge < -0.3 is 19.5 Å². The molecule has 1 aromatic carbocycles. The van der Waals surface area contributed by atoms with Gasteiger partial charge in [0.15, 0.2) is 11.5 Å². The largest absolute Gasteiger partial charge is 0.496 e. The zero-order valence-electron chi connectivity index (χ0n) is 12.8. The van der Waals surface area contributed by atoms with E-state index in [1.54, 1.807) is 32.7 Å². The van der Waals surface area contributed by atoms with Gasteiger partial charge in [-0.3, -0.25) is 0 Å². The minimum Gasteiger partial charge on any atom is -0.496 e. The first-order valence-corrected chi connectivity index (χ1v) is 7.69. The van der Waals surface area contributed by atoms with Crippen LogP contribution in [-0.4, -0.2) is 27.9 Å². The second kappa shape index (κ2) is 7.33. The monoisotopic (exact) mass is 307 g/mol. The molecule has 0 aliphatic rings. The van der Waals surface area contributed by atoms with Crippen LogP contribution in [0.5, 0.6) is 17.2 Å². The van der Waals surface area contributed by atoms with Crippen LogP contribution in [0.25, 0.3) is 0 Å². The molecule has 1 aromatic heterocycles. The van der Waals surface area contributed by atoms with Crippen LogP contribution in [0.1, 0.15) is 23.4 Å². The summed E-state index contributed by atoms with van der Waals surface area (Å²) in [6.45, 7) is 2.95. The molecule has 0 saturated carbocycles. The van der Waals surface area contributed by atoms with E-state index in [1.165, 1.54) is 4.88 Å². The number of nitrogens with one attached hydrogen (secondary N) is 1. The highest BCUT2D eigenvalue weighted by atomic mass is 32.1. The van der Waals surface area contributed by atoms with Crippen LogP contribution in [0.2, 0.25) is 0 Å². The van der Waals surface area contributed by atoms with Crippen LogP contribution in [0.4, 0.5) is 0 Å². The van der Waals surface area contributed by atoms with Gasteiger partial charge in [0.05, 0.1) is 27.4 Å². The first-order chi connectivity index (χ1) is 10.2. The zero-order chi connectivity index (χ0) is 15.2. The molecule has 0 radical (unpaired) electrons. The average Bonchev–Trinajstić information content (AvgIpc) is 3.05. The summed E-state index contributed by atoms with van der Waals surface area (Å²) in [7, 11) is 4.93. The van der Waals surface area contributed by atoms with Gasteiger partial charge in [-0.2, -0.15) is 0 Å². The fourth-order valence-corrected chi connectivity index (χ4v) is 3.12. The Bertz CT molecular complexity index is 569. The minimum absolute atomic E-state index is 0.0738. The zero-order valence-corrected chi connectivity index (χ0v) is 13.6. The van der Waals surface area contributed by atoms with E-state index in [1.807, 2.05) is 12.1 Å². The van der Waals surface area contributed by atoms with Crippen molar-refractivity contribution in [3.05, 3.63) is 40.1 Å². The number of rotatable bonds is 7. The van der Waals surface area contributed by atoms with Gasteiger partial charge in [0.2, 0.25) is 0 Å². The van der Waals surface area contributed by atoms with Gasteiger partial charge in [-0.15, -0.1) is 11.3 Å². The van der Waals surface area contributed by atoms with Gasteiger partial charge in [0, 0.05) is 16.5 Å². The molecule has 21 heavy (non-hydrogen) atoms. The van der Waals surface area contributed by atoms with E-state index in [0.717, 1.165) is 17.9 Å². The van der Waals surface area contributed by atoms with Crippen molar-refractivity contribution in [3.63, 3.8) is 0 Å². The molecular formula is C16H21NO3S. The summed E-state index contributed by atoms with van der Waals surface area (Å²) < 4.78 is 16.3. The van der Waals surface area contributed by atoms with E-state index in [4.69, 9.17) is 14.2 Å². The number of thiophene rings is 1. The maximum absolute atomic E-state index is 5.54. The molecule has 0 bridgehead atoms. The van der Waals surface area contributed by atoms with Crippen LogP contribution in [0, 0.1) is 0 Å². The predicted molar refractivity (Wildman–Crippen MR) is 85.9 cm³/mol. The third-order valence-corrected chi connectivity index (χ3v) is 4.22. The molecule has 0 amide bonds. The standard InChI is InChI=1S/C16H21NO3S/c1-5-17-16(15-7-6-8-21-15)11-9-13(19-3)14(20-4)10-12(11)18-2/h6-10,16-17H,5H2,1-4H3. The molecule has 5 heteroatoms. The Hall–Kier alpha value is -1.72. The third kappa shape index (κ3) is 3.31. The summed E-state index contributed by atoms with van der Waals surface area (Å²) in [4.78, 5) is 1.24. The summed E-state index contributed by atoms with van der Waals surface area (Å²) >= 11 is 1.72. The molecule has 0 saturated heterocycles. The highest BCUT2D eigenvalue weighted by Crippen LogP contribution is 2.40. The molecule has 1 heterocycles. The van der Waals surface area contributed by atoms with Crippen LogP contribution in [0.3, 0.4) is 0 Å². The lowest BCUT2D eigenvalue weighted by atomic mass is 10.0. The van der Waals surface area contributed by atoms with E-state index in [2.05, 4.69) is 29.8 Å². The highest BCUT2D eigenvalue weighted by molar-refractivity contribution is 7.10. The molecule has 2 rings (SSSR count). The third-order valence-electron chi connectivity index (χ3n) is 3.28. The maximum Gasteiger partial charge on any atom is 0.164 e. The Labute approximate surface area is 129 Å². The lowest BCUT2D eigenvalue weighted by Gasteiger charge is -2.21. The van der Waals surface area contributed by atoms with Crippen molar-refractivity contribution in [2.24, 2.45) is 0 Å². The van der Waals surface area contributed by atoms with Crippen LogP contribution in [0.15, 0.2) is 29.6 Å². The lowest BCUT2D eigenvalue weighted by Crippen LogP contribution is -2.21. The van der Waals surface area contributed by atoms with E-state index >= 15 is 0 Å². The molecule has 2 aromatic rings. The van der Waals surface area contributed by atoms with Gasteiger partial charge in [0.1, 0.15) is 5.75 Å². The van der Waals surface area contributed by atoms with Crippen molar-refractivity contribution in [3.8, 4) is 17.2 Å². The second-order valence-corrected chi connectivity index (χ2v) is 5.43. The van der Waals surface area contributed by atoms with E-state index in [-0.39, 0.29) is 6.04 Å². The molecule has 0 spiro atoms. The SMILES string of the molecule is CCNC(c1cccs1)c1cc(OC)c(OC)cc1OC. The molecule has 0 aliphatic heterocycles. The minimum atomic E-state index is 0.0738. The first-order valence-electron chi connectivity index (χ1n) is 6.81. The Morgan fingerprint density at radius 2 is 1.71 bits per heavy atom.